The third-order valence-electron chi connectivity index (χ3n) is 2.22. The normalized spacial score (nSPS) is 41.9. The second-order valence-corrected chi connectivity index (χ2v) is 2.94. The summed E-state index contributed by atoms with van der Waals surface area (Å²) >= 11 is 0. The van der Waals surface area contributed by atoms with Gasteiger partial charge in [0.25, 0.3) is 0 Å². The Kier molecular flexibility index (Phi) is 1.17. The minimum absolute atomic E-state index is 0.0810. The van der Waals surface area contributed by atoms with Gasteiger partial charge in [-0.15, -0.1) is 0 Å². The fraction of sp³-hybridized carbons (Fsp3) is 0.714. The lowest BCUT2D eigenvalue weighted by Gasteiger charge is -2.25. The van der Waals surface area contributed by atoms with E-state index in [0.717, 1.165) is 6.08 Å². The molecule has 0 aromatic heterocycles. The number of ether oxygens (including phenoxy) is 1. The van der Waals surface area contributed by atoms with Crippen molar-refractivity contribution in [2.75, 3.05) is 0 Å². The molecule has 4 heteroatoms. The van der Waals surface area contributed by atoms with Crippen molar-refractivity contribution < 1.29 is 17.9 Å². The average Bonchev–Trinajstić information content (AvgIpc) is 2.42. The van der Waals surface area contributed by atoms with Gasteiger partial charge in [-0.3, -0.25) is 0 Å². The van der Waals surface area contributed by atoms with Crippen molar-refractivity contribution in [3.8, 4) is 0 Å². The van der Waals surface area contributed by atoms with Gasteiger partial charge < -0.3 is 4.74 Å². The van der Waals surface area contributed by atoms with Crippen molar-refractivity contribution in [1.82, 2.24) is 0 Å². The first-order valence-electron chi connectivity index (χ1n) is 3.47. The van der Waals surface area contributed by atoms with Crippen LogP contribution in [-0.4, -0.2) is 17.9 Å². The number of hydrogen-bond donors (Lipinski definition) is 0. The van der Waals surface area contributed by atoms with Crippen molar-refractivity contribution in [2.24, 2.45) is 0 Å². The van der Waals surface area contributed by atoms with Gasteiger partial charge in [0, 0.05) is 0 Å². The van der Waals surface area contributed by atoms with Crippen LogP contribution in [0.2, 0.25) is 0 Å². The molecule has 0 spiro atoms. The lowest BCUT2D eigenvalue weighted by molar-refractivity contribution is -0.242. The number of halogens is 3. The van der Waals surface area contributed by atoms with Crippen LogP contribution >= 0.6 is 0 Å². The van der Waals surface area contributed by atoms with Crippen LogP contribution in [0.1, 0.15) is 12.8 Å². The highest BCUT2D eigenvalue weighted by Crippen LogP contribution is 2.48. The first kappa shape index (κ1) is 7.16. The molecule has 2 bridgehead atoms. The molecular weight excluding hydrogens is 157 g/mol. The maximum atomic E-state index is 12.3. The van der Waals surface area contributed by atoms with E-state index >= 15 is 0 Å². The molecule has 0 aromatic carbocycles. The molecule has 2 heterocycles. The Morgan fingerprint density at radius 2 is 2.18 bits per heavy atom. The molecule has 0 saturated carbocycles. The summed E-state index contributed by atoms with van der Waals surface area (Å²) in [5.41, 5.74) is -1.93. The van der Waals surface area contributed by atoms with Gasteiger partial charge in [-0.05, 0) is 18.9 Å². The van der Waals surface area contributed by atoms with Crippen molar-refractivity contribution in [3.05, 3.63) is 12.2 Å². The van der Waals surface area contributed by atoms with E-state index in [-0.39, 0.29) is 12.5 Å². The number of alkyl halides is 3. The molecule has 2 atom stereocenters. The zero-order valence-electron chi connectivity index (χ0n) is 5.69. The molecule has 0 amide bonds. The molecule has 0 radical (unpaired) electrons. The van der Waals surface area contributed by atoms with Crippen LogP contribution in [0.3, 0.4) is 0 Å². The minimum Gasteiger partial charge on any atom is -0.354 e. The Bertz CT molecular complexity index is 208. The Hall–Kier alpha value is -0.510. The predicted octanol–water partition coefficient (Wildman–Crippen LogP) is 2.04. The Morgan fingerprint density at radius 1 is 1.45 bits per heavy atom. The Labute approximate surface area is 61.8 Å². The highest BCUT2D eigenvalue weighted by molar-refractivity contribution is 5.19. The molecule has 0 N–H and O–H groups in total. The standard InChI is InChI=1S/C7H7F3O/c8-7(9,10)6-3-1-5(11-6)2-4-6/h1,3,5H,2,4H2. The van der Waals surface area contributed by atoms with E-state index in [1.807, 2.05) is 0 Å². The second kappa shape index (κ2) is 1.80. The largest absolute Gasteiger partial charge is 0.421 e. The van der Waals surface area contributed by atoms with E-state index in [1.165, 1.54) is 6.08 Å². The Morgan fingerprint density at radius 3 is 2.36 bits per heavy atom. The van der Waals surface area contributed by atoms with Crippen LogP contribution in [-0.2, 0) is 4.74 Å². The van der Waals surface area contributed by atoms with Crippen molar-refractivity contribution >= 4 is 0 Å². The van der Waals surface area contributed by atoms with Crippen LogP contribution < -0.4 is 0 Å². The molecule has 0 aliphatic carbocycles. The van der Waals surface area contributed by atoms with Crippen LogP contribution in [0.15, 0.2) is 12.2 Å². The zero-order chi connectivity index (χ0) is 8.11. The van der Waals surface area contributed by atoms with E-state index in [4.69, 9.17) is 4.74 Å². The molecule has 2 unspecified atom stereocenters. The van der Waals surface area contributed by atoms with E-state index < -0.39 is 11.8 Å². The monoisotopic (exact) mass is 164 g/mol. The van der Waals surface area contributed by atoms with E-state index in [0.29, 0.717) is 6.42 Å². The topological polar surface area (TPSA) is 9.23 Å². The molecule has 0 aromatic rings. The molecule has 2 aliphatic heterocycles. The molecule has 2 aliphatic rings. The van der Waals surface area contributed by atoms with Gasteiger partial charge in [-0.1, -0.05) is 6.08 Å². The smallest absolute Gasteiger partial charge is 0.354 e. The summed E-state index contributed by atoms with van der Waals surface area (Å²) in [4.78, 5) is 0. The summed E-state index contributed by atoms with van der Waals surface area (Å²) < 4.78 is 41.6. The van der Waals surface area contributed by atoms with Gasteiger partial charge in [0.05, 0.1) is 6.10 Å². The molecule has 11 heavy (non-hydrogen) atoms. The van der Waals surface area contributed by atoms with E-state index in [9.17, 15) is 13.2 Å². The van der Waals surface area contributed by atoms with Gasteiger partial charge in [-0.25, -0.2) is 0 Å². The van der Waals surface area contributed by atoms with Crippen molar-refractivity contribution in [3.63, 3.8) is 0 Å². The molecule has 1 nitrogen and oxygen atoms in total. The maximum Gasteiger partial charge on any atom is 0.421 e. The summed E-state index contributed by atoms with van der Waals surface area (Å²) in [6.07, 6.45) is -1.32. The average molecular weight is 164 g/mol. The first-order valence-corrected chi connectivity index (χ1v) is 3.47. The molecule has 2 rings (SSSR count). The third kappa shape index (κ3) is 0.819. The fourth-order valence-corrected chi connectivity index (χ4v) is 1.57. The first-order chi connectivity index (χ1) is 5.04. The highest BCUT2D eigenvalue weighted by Gasteiger charge is 2.60. The van der Waals surface area contributed by atoms with Crippen molar-refractivity contribution in [1.29, 1.82) is 0 Å². The minimum atomic E-state index is -4.24. The van der Waals surface area contributed by atoms with Gasteiger partial charge in [0.2, 0.25) is 0 Å². The summed E-state index contributed by atoms with van der Waals surface area (Å²) in [5, 5.41) is 0. The highest BCUT2D eigenvalue weighted by atomic mass is 19.4. The van der Waals surface area contributed by atoms with Crippen LogP contribution in [0.4, 0.5) is 13.2 Å². The SMILES string of the molecule is FC(F)(F)C12C=CC(CC1)O2. The quantitative estimate of drug-likeness (QED) is 0.498. The fourth-order valence-electron chi connectivity index (χ4n) is 1.57. The maximum absolute atomic E-state index is 12.3. The summed E-state index contributed by atoms with van der Waals surface area (Å²) in [6.45, 7) is 0. The van der Waals surface area contributed by atoms with Gasteiger partial charge in [0.1, 0.15) is 0 Å². The van der Waals surface area contributed by atoms with E-state index in [2.05, 4.69) is 0 Å². The van der Waals surface area contributed by atoms with Crippen LogP contribution in [0.5, 0.6) is 0 Å². The molecule has 1 saturated heterocycles. The van der Waals surface area contributed by atoms with Gasteiger partial charge in [0.15, 0.2) is 5.60 Å². The summed E-state index contributed by atoms with van der Waals surface area (Å²) in [5.74, 6) is 0. The van der Waals surface area contributed by atoms with Crippen LogP contribution in [0, 0.1) is 0 Å². The molecular formula is C7H7F3O. The zero-order valence-corrected chi connectivity index (χ0v) is 5.69. The predicted molar refractivity (Wildman–Crippen MR) is 32.0 cm³/mol. The lowest BCUT2D eigenvalue weighted by atomic mass is 9.94. The van der Waals surface area contributed by atoms with Gasteiger partial charge >= 0.3 is 6.18 Å². The number of fused-ring (bicyclic) bond motifs is 2. The Balaban J connectivity index is 2.31. The van der Waals surface area contributed by atoms with Crippen molar-refractivity contribution in [2.45, 2.75) is 30.7 Å². The molecule has 1 fully saturated rings. The number of rotatable bonds is 0. The second-order valence-electron chi connectivity index (χ2n) is 2.94. The summed E-state index contributed by atoms with van der Waals surface area (Å²) in [6, 6.07) is 0. The number of hydrogen-bond acceptors (Lipinski definition) is 1. The molecule has 62 valence electrons. The lowest BCUT2D eigenvalue weighted by Crippen LogP contribution is -2.41. The third-order valence-corrected chi connectivity index (χ3v) is 2.22. The van der Waals surface area contributed by atoms with Crippen LogP contribution in [0.25, 0.3) is 0 Å². The summed E-state index contributed by atoms with van der Waals surface area (Å²) in [7, 11) is 0. The van der Waals surface area contributed by atoms with E-state index in [1.54, 1.807) is 0 Å². The van der Waals surface area contributed by atoms with Gasteiger partial charge in [-0.2, -0.15) is 13.2 Å².